The molecule has 1 aliphatic heterocycles. The number of amides is 2. The van der Waals surface area contributed by atoms with Gasteiger partial charge in [0.05, 0.1) is 0 Å². The standard InChI is InChI=1S/C18H25N3O2/c1-11-9-16(11)18(23)20-14-5-3-13(4-6-14)17(22)21-15-7-8-19-12(2)10-15/h3-6,11-12,15-16,19H,7-10H2,1-2H3,(H,20,23)(H,21,22). The van der Waals surface area contributed by atoms with Gasteiger partial charge in [-0.25, -0.2) is 0 Å². The molecular weight excluding hydrogens is 290 g/mol. The van der Waals surface area contributed by atoms with Crippen molar-refractivity contribution in [3.8, 4) is 0 Å². The Morgan fingerprint density at radius 2 is 1.83 bits per heavy atom. The predicted octanol–water partition coefficient (Wildman–Crippen LogP) is 2.15. The fraction of sp³-hybridized carbons (Fsp3) is 0.556. The predicted molar refractivity (Wildman–Crippen MR) is 90.3 cm³/mol. The van der Waals surface area contributed by atoms with Gasteiger partial charge in [-0.15, -0.1) is 0 Å². The van der Waals surface area contributed by atoms with Crippen LogP contribution in [0.5, 0.6) is 0 Å². The van der Waals surface area contributed by atoms with Gasteiger partial charge in [0.15, 0.2) is 0 Å². The van der Waals surface area contributed by atoms with Gasteiger partial charge in [-0.05, 0) is 62.9 Å². The lowest BCUT2D eigenvalue weighted by atomic mass is 10.0. The highest BCUT2D eigenvalue weighted by atomic mass is 16.2. The molecule has 3 rings (SSSR count). The molecule has 1 aliphatic carbocycles. The minimum absolute atomic E-state index is 0.0437. The summed E-state index contributed by atoms with van der Waals surface area (Å²) in [5, 5.41) is 9.38. The maximum absolute atomic E-state index is 12.3. The molecule has 4 atom stereocenters. The zero-order valence-corrected chi connectivity index (χ0v) is 13.8. The third-order valence-electron chi connectivity index (χ3n) is 4.82. The van der Waals surface area contributed by atoms with Crippen molar-refractivity contribution < 1.29 is 9.59 Å². The number of carbonyl (C=O) groups is 2. The quantitative estimate of drug-likeness (QED) is 0.797. The number of rotatable bonds is 4. The van der Waals surface area contributed by atoms with Crippen LogP contribution >= 0.6 is 0 Å². The molecule has 1 heterocycles. The summed E-state index contributed by atoms with van der Waals surface area (Å²) >= 11 is 0. The molecule has 2 amide bonds. The van der Waals surface area contributed by atoms with Gasteiger partial charge in [0.1, 0.15) is 0 Å². The summed E-state index contributed by atoms with van der Waals surface area (Å²) in [4.78, 5) is 24.2. The first-order valence-corrected chi connectivity index (χ1v) is 8.48. The molecule has 5 heteroatoms. The first-order valence-electron chi connectivity index (χ1n) is 8.48. The van der Waals surface area contributed by atoms with Crippen molar-refractivity contribution in [1.29, 1.82) is 0 Å². The molecule has 2 fully saturated rings. The average molecular weight is 315 g/mol. The van der Waals surface area contributed by atoms with E-state index in [4.69, 9.17) is 0 Å². The summed E-state index contributed by atoms with van der Waals surface area (Å²) in [6, 6.07) is 7.80. The van der Waals surface area contributed by atoms with Crippen LogP contribution in [0.15, 0.2) is 24.3 Å². The smallest absolute Gasteiger partial charge is 0.251 e. The lowest BCUT2D eigenvalue weighted by Crippen LogP contribution is -2.46. The molecule has 23 heavy (non-hydrogen) atoms. The van der Waals surface area contributed by atoms with Crippen LogP contribution < -0.4 is 16.0 Å². The number of hydrogen-bond acceptors (Lipinski definition) is 3. The molecule has 5 nitrogen and oxygen atoms in total. The van der Waals surface area contributed by atoms with Crippen LogP contribution in [-0.4, -0.2) is 30.4 Å². The van der Waals surface area contributed by atoms with Crippen molar-refractivity contribution in [1.82, 2.24) is 10.6 Å². The first-order chi connectivity index (χ1) is 11.0. The van der Waals surface area contributed by atoms with E-state index in [2.05, 4.69) is 29.8 Å². The molecular formula is C18H25N3O2. The van der Waals surface area contributed by atoms with Gasteiger partial charge < -0.3 is 16.0 Å². The topological polar surface area (TPSA) is 70.2 Å². The fourth-order valence-electron chi connectivity index (χ4n) is 3.16. The molecule has 3 N–H and O–H groups in total. The number of benzene rings is 1. The van der Waals surface area contributed by atoms with Crippen molar-refractivity contribution in [3.63, 3.8) is 0 Å². The summed E-state index contributed by atoms with van der Waals surface area (Å²) in [6.07, 6.45) is 2.89. The third-order valence-corrected chi connectivity index (χ3v) is 4.82. The Morgan fingerprint density at radius 3 is 2.43 bits per heavy atom. The first kappa shape index (κ1) is 16.0. The van der Waals surface area contributed by atoms with Crippen LogP contribution in [0, 0.1) is 11.8 Å². The summed E-state index contributed by atoms with van der Waals surface area (Å²) in [6.45, 7) is 5.16. The van der Waals surface area contributed by atoms with E-state index in [0.29, 0.717) is 17.5 Å². The van der Waals surface area contributed by atoms with E-state index < -0.39 is 0 Å². The van der Waals surface area contributed by atoms with Gasteiger partial charge in [-0.3, -0.25) is 9.59 Å². The Balaban J connectivity index is 1.53. The molecule has 0 spiro atoms. The second kappa shape index (κ2) is 6.71. The zero-order valence-electron chi connectivity index (χ0n) is 13.8. The van der Waals surface area contributed by atoms with E-state index in [9.17, 15) is 9.59 Å². The maximum atomic E-state index is 12.3. The van der Waals surface area contributed by atoms with Crippen LogP contribution in [0.1, 0.15) is 43.5 Å². The van der Waals surface area contributed by atoms with Crippen LogP contribution in [0.3, 0.4) is 0 Å². The highest BCUT2D eigenvalue weighted by Crippen LogP contribution is 2.38. The molecule has 2 aliphatic rings. The molecule has 4 unspecified atom stereocenters. The molecule has 124 valence electrons. The lowest BCUT2D eigenvalue weighted by molar-refractivity contribution is -0.117. The minimum Gasteiger partial charge on any atom is -0.349 e. The maximum Gasteiger partial charge on any atom is 0.251 e. The number of anilines is 1. The van der Waals surface area contributed by atoms with E-state index in [0.717, 1.165) is 31.5 Å². The second-order valence-corrected chi connectivity index (χ2v) is 6.94. The molecule has 1 saturated carbocycles. The van der Waals surface area contributed by atoms with Crippen LogP contribution in [-0.2, 0) is 4.79 Å². The Kier molecular flexibility index (Phi) is 4.66. The summed E-state index contributed by atoms with van der Waals surface area (Å²) in [5.74, 6) is 0.684. The van der Waals surface area contributed by atoms with Gasteiger partial charge in [-0.2, -0.15) is 0 Å². The van der Waals surface area contributed by atoms with Gasteiger partial charge >= 0.3 is 0 Å². The molecule has 1 aromatic carbocycles. The Morgan fingerprint density at radius 1 is 1.13 bits per heavy atom. The highest BCUT2D eigenvalue weighted by Gasteiger charge is 2.39. The fourth-order valence-corrected chi connectivity index (χ4v) is 3.16. The van der Waals surface area contributed by atoms with E-state index in [1.54, 1.807) is 24.3 Å². The van der Waals surface area contributed by atoms with Crippen molar-refractivity contribution >= 4 is 17.5 Å². The highest BCUT2D eigenvalue weighted by molar-refractivity contribution is 5.97. The number of carbonyl (C=O) groups excluding carboxylic acids is 2. The number of nitrogens with one attached hydrogen (secondary N) is 3. The zero-order chi connectivity index (χ0) is 16.4. The molecule has 0 aromatic heterocycles. The average Bonchev–Trinajstić information content (AvgIpc) is 3.25. The van der Waals surface area contributed by atoms with Crippen LogP contribution in [0.2, 0.25) is 0 Å². The van der Waals surface area contributed by atoms with E-state index in [1.165, 1.54) is 0 Å². The van der Waals surface area contributed by atoms with Crippen molar-refractivity contribution in [3.05, 3.63) is 29.8 Å². The Bertz CT molecular complexity index is 584. The second-order valence-electron chi connectivity index (χ2n) is 6.94. The Hall–Kier alpha value is -1.88. The van der Waals surface area contributed by atoms with E-state index in [1.807, 2.05) is 0 Å². The third kappa shape index (κ3) is 4.10. The monoisotopic (exact) mass is 315 g/mol. The van der Waals surface area contributed by atoms with Gasteiger partial charge in [0.25, 0.3) is 5.91 Å². The van der Waals surface area contributed by atoms with Crippen LogP contribution in [0.4, 0.5) is 5.69 Å². The summed E-state index contributed by atoms with van der Waals surface area (Å²) < 4.78 is 0. The van der Waals surface area contributed by atoms with E-state index in [-0.39, 0.29) is 23.8 Å². The van der Waals surface area contributed by atoms with Crippen molar-refractivity contribution in [2.75, 3.05) is 11.9 Å². The minimum atomic E-state index is -0.0437. The number of piperidine rings is 1. The summed E-state index contributed by atoms with van der Waals surface area (Å²) in [7, 11) is 0. The van der Waals surface area contributed by atoms with Crippen molar-refractivity contribution in [2.24, 2.45) is 11.8 Å². The molecule has 1 aromatic rings. The summed E-state index contributed by atoms with van der Waals surface area (Å²) in [5.41, 5.74) is 1.38. The normalized spacial score (nSPS) is 29.7. The molecule has 0 bridgehead atoms. The Labute approximate surface area is 137 Å². The van der Waals surface area contributed by atoms with E-state index >= 15 is 0 Å². The SMILES string of the molecule is CC1CC(NC(=O)c2ccc(NC(=O)C3CC3C)cc2)CCN1. The molecule has 1 saturated heterocycles. The van der Waals surface area contributed by atoms with Gasteiger partial charge in [-0.1, -0.05) is 6.92 Å². The number of hydrogen-bond donors (Lipinski definition) is 3. The van der Waals surface area contributed by atoms with Crippen LogP contribution in [0.25, 0.3) is 0 Å². The van der Waals surface area contributed by atoms with Gasteiger partial charge in [0, 0.05) is 29.3 Å². The largest absolute Gasteiger partial charge is 0.349 e. The van der Waals surface area contributed by atoms with Crippen molar-refractivity contribution in [2.45, 2.75) is 45.2 Å². The van der Waals surface area contributed by atoms with Gasteiger partial charge in [0.2, 0.25) is 5.91 Å². The lowest BCUT2D eigenvalue weighted by Gasteiger charge is -2.28. The molecule has 0 radical (unpaired) electrons.